The Labute approximate surface area is 234 Å². The zero-order valence-corrected chi connectivity index (χ0v) is 23.1. The Hall–Kier alpha value is -2.28. The van der Waals surface area contributed by atoms with Crippen LogP contribution in [0.3, 0.4) is 0 Å². The van der Waals surface area contributed by atoms with Crippen molar-refractivity contribution in [2.75, 3.05) is 52.4 Å². The van der Waals surface area contributed by atoms with Crippen molar-refractivity contribution in [3.05, 3.63) is 0 Å². The molecule has 0 aromatic rings. The summed E-state index contributed by atoms with van der Waals surface area (Å²) in [6.45, 7) is 0.998. The maximum Gasteiger partial charge on any atom is 0.317 e. The number of carbonyl (C=O) groups excluding carboxylic acids is 2. The molecule has 8 atom stereocenters. The standard InChI is InChI=1S/C28H44N4O8/c33-23(31-9-17-5-6-18(10-31)27(17)39)13-29(15-25(35)36)21-3-1-2-4-22(21)30(16-26(37)38)14-24(34)32-11-19-7-8-20(12-32)28(19)40/h17-22,27-28,39-40H,1-16H2,(H,35,36)(H,37,38)/t17-,18+,19-,20+,21?,22?,27?,28?. The van der Waals surface area contributed by atoms with Gasteiger partial charge < -0.3 is 30.2 Å². The summed E-state index contributed by atoms with van der Waals surface area (Å²) in [7, 11) is 0. The van der Waals surface area contributed by atoms with Crippen molar-refractivity contribution in [2.24, 2.45) is 23.7 Å². The van der Waals surface area contributed by atoms with Crippen molar-refractivity contribution in [3.8, 4) is 0 Å². The molecular formula is C28H44N4O8. The first-order valence-electron chi connectivity index (χ1n) is 14.9. The first-order chi connectivity index (χ1) is 19.1. The van der Waals surface area contributed by atoms with Gasteiger partial charge in [0.05, 0.1) is 38.4 Å². The highest BCUT2D eigenvalue weighted by Crippen LogP contribution is 2.38. The van der Waals surface area contributed by atoms with Gasteiger partial charge in [-0.05, 0) is 38.5 Å². The van der Waals surface area contributed by atoms with Crippen molar-refractivity contribution in [1.29, 1.82) is 0 Å². The zero-order chi connectivity index (χ0) is 28.6. The number of piperidine rings is 2. The van der Waals surface area contributed by atoms with Crippen LogP contribution in [0.1, 0.15) is 51.4 Å². The van der Waals surface area contributed by atoms with Gasteiger partial charge in [0.15, 0.2) is 0 Å². The SMILES string of the molecule is O=C(O)CN(CC(=O)N1C[C@H]2CC[C@@H](C1)C2O)C1CCCCC1N(CC(=O)O)CC(=O)N1C[C@H]2CC[C@@H](C1)C2O. The molecule has 4 unspecified atom stereocenters. The van der Waals surface area contributed by atoms with Gasteiger partial charge in [-0.2, -0.15) is 0 Å². The van der Waals surface area contributed by atoms with E-state index in [4.69, 9.17) is 0 Å². The number of hydrogen-bond donors (Lipinski definition) is 4. The average Bonchev–Trinajstić information content (AvgIpc) is 3.22. The highest BCUT2D eigenvalue weighted by atomic mass is 16.4. The smallest absolute Gasteiger partial charge is 0.317 e. The molecule has 0 spiro atoms. The highest BCUT2D eigenvalue weighted by Gasteiger charge is 2.45. The molecule has 0 radical (unpaired) electrons. The van der Waals surface area contributed by atoms with Crippen molar-refractivity contribution in [2.45, 2.75) is 75.7 Å². The van der Waals surface area contributed by atoms with E-state index in [1.165, 1.54) is 0 Å². The molecule has 5 aliphatic rings. The molecule has 40 heavy (non-hydrogen) atoms. The van der Waals surface area contributed by atoms with Crippen LogP contribution in [0.2, 0.25) is 0 Å². The number of rotatable bonds is 10. The minimum absolute atomic E-state index is 0.0567. The molecule has 5 fully saturated rings. The fourth-order valence-electron chi connectivity index (χ4n) is 8.21. The van der Waals surface area contributed by atoms with Crippen LogP contribution in [0.5, 0.6) is 0 Å². The summed E-state index contributed by atoms with van der Waals surface area (Å²) >= 11 is 0. The second-order valence-corrected chi connectivity index (χ2v) is 12.8. The summed E-state index contributed by atoms with van der Waals surface area (Å²) in [6, 6.07) is -0.764. The van der Waals surface area contributed by atoms with Gasteiger partial charge in [0.25, 0.3) is 0 Å². The summed E-state index contributed by atoms with van der Waals surface area (Å²) in [4.78, 5) is 57.5. The lowest BCUT2D eigenvalue weighted by atomic mass is 9.87. The van der Waals surface area contributed by atoms with Crippen molar-refractivity contribution in [3.63, 3.8) is 0 Å². The molecular weight excluding hydrogens is 520 g/mol. The molecule has 5 rings (SSSR count). The first kappa shape index (κ1) is 29.2. The Balaban J connectivity index is 1.30. The van der Waals surface area contributed by atoms with Gasteiger partial charge in [-0.1, -0.05) is 12.8 Å². The molecule has 2 heterocycles. The Morgan fingerprint density at radius 1 is 0.550 bits per heavy atom. The summed E-state index contributed by atoms with van der Waals surface area (Å²) in [5, 5.41) is 40.2. The maximum atomic E-state index is 13.4. The first-order valence-corrected chi connectivity index (χ1v) is 14.9. The Morgan fingerprint density at radius 2 is 0.875 bits per heavy atom. The lowest BCUT2D eigenvalue weighted by Gasteiger charge is -2.45. The van der Waals surface area contributed by atoms with Crippen LogP contribution >= 0.6 is 0 Å². The number of aliphatic hydroxyl groups is 2. The summed E-state index contributed by atoms with van der Waals surface area (Å²) in [6.07, 6.45) is 5.64. The Bertz CT molecular complexity index is 876. The number of aliphatic carboxylic acids is 2. The topological polar surface area (TPSA) is 162 Å². The largest absolute Gasteiger partial charge is 0.480 e. The minimum atomic E-state index is -1.06. The van der Waals surface area contributed by atoms with E-state index in [0.717, 1.165) is 38.5 Å². The number of carboxylic acid groups (broad SMARTS) is 2. The maximum absolute atomic E-state index is 13.4. The number of carbonyl (C=O) groups is 4. The summed E-state index contributed by atoms with van der Waals surface area (Å²) in [5.41, 5.74) is 0. The molecule has 12 nitrogen and oxygen atoms in total. The van der Waals surface area contributed by atoms with Gasteiger partial charge in [-0.3, -0.25) is 29.0 Å². The number of fused-ring (bicyclic) bond motifs is 4. The van der Waals surface area contributed by atoms with Crippen LogP contribution in [0.15, 0.2) is 0 Å². The third kappa shape index (κ3) is 6.29. The molecule has 224 valence electrons. The van der Waals surface area contributed by atoms with Gasteiger partial charge in [0.1, 0.15) is 0 Å². The van der Waals surface area contributed by atoms with Gasteiger partial charge in [0.2, 0.25) is 11.8 Å². The van der Waals surface area contributed by atoms with Crippen LogP contribution < -0.4 is 0 Å². The van der Waals surface area contributed by atoms with E-state index < -0.39 is 11.9 Å². The Morgan fingerprint density at radius 3 is 1.18 bits per heavy atom. The van der Waals surface area contributed by atoms with Crippen molar-refractivity contribution >= 4 is 23.8 Å². The van der Waals surface area contributed by atoms with Gasteiger partial charge in [-0.15, -0.1) is 0 Å². The van der Waals surface area contributed by atoms with E-state index >= 15 is 0 Å². The fourth-order valence-corrected chi connectivity index (χ4v) is 8.21. The number of nitrogens with zero attached hydrogens (tertiary/aromatic N) is 4. The normalized spacial score (nSPS) is 35.4. The van der Waals surface area contributed by atoms with Gasteiger partial charge in [-0.25, -0.2) is 0 Å². The number of carboxylic acids is 2. The molecule has 12 heteroatoms. The van der Waals surface area contributed by atoms with Crippen LogP contribution in [-0.4, -0.2) is 140 Å². The van der Waals surface area contributed by atoms with Crippen LogP contribution in [0, 0.1) is 23.7 Å². The van der Waals surface area contributed by atoms with Gasteiger partial charge in [0, 0.05) is 61.9 Å². The molecule has 2 saturated heterocycles. The lowest BCUT2D eigenvalue weighted by Crippen LogP contribution is -2.60. The van der Waals surface area contributed by atoms with E-state index in [9.17, 15) is 39.6 Å². The van der Waals surface area contributed by atoms with Gasteiger partial charge >= 0.3 is 11.9 Å². The lowest BCUT2D eigenvalue weighted by molar-refractivity contribution is -0.148. The van der Waals surface area contributed by atoms with E-state index in [-0.39, 0.29) is 86.0 Å². The number of hydrogen-bond acceptors (Lipinski definition) is 8. The van der Waals surface area contributed by atoms with E-state index in [1.54, 1.807) is 19.6 Å². The zero-order valence-electron chi connectivity index (χ0n) is 23.1. The minimum Gasteiger partial charge on any atom is -0.480 e. The highest BCUT2D eigenvalue weighted by molar-refractivity contribution is 5.80. The average molecular weight is 565 g/mol. The summed E-state index contributed by atoms with van der Waals surface area (Å²) in [5.74, 6) is -2.23. The second kappa shape index (κ2) is 12.3. The third-order valence-corrected chi connectivity index (χ3v) is 10.3. The van der Waals surface area contributed by atoms with Crippen LogP contribution in [0.4, 0.5) is 0 Å². The fraction of sp³-hybridized carbons (Fsp3) is 0.857. The quantitative estimate of drug-likeness (QED) is 0.273. The van der Waals surface area contributed by atoms with Crippen LogP contribution in [-0.2, 0) is 19.2 Å². The summed E-state index contributed by atoms with van der Waals surface area (Å²) < 4.78 is 0. The molecule has 2 amide bonds. The molecule has 3 saturated carbocycles. The predicted molar refractivity (Wildman–Crippen MR) is 142 cm³/mol. The molecule has 0 aromatic heterocycles. The number of likely N-dealkylation sites (tertiary alicyclic amines) is 2. The molecule has 4 bridgehead atoms. The van der Waals surface area contributed by atoms with Crippen molar-refractivity contribution in [1.82, 2.24) is 19.6 Å². The molecule has 4 N–H and O–H groups in total. The second-order valence-electron chi connectivity index (χ2n) is 12.8. The predicted octanol–water partition coefficient (Wildman–Crippen LogP) is -0.471. The van der Waals surface area contributed by atoms with Crippen molar-refractivity contribution < 1.29 is 39.6 Å². The van der Waals surface area contributed by atoms with E-state index in [2.05, 4.69) is 0 Å². The van der Waals surface area contributed by atoms with Crippen LogP contribution in [0.25, 0.3) is 0 Å². The number of amides is 2. The molecule has 0 aromatic carbocycles. The third-order valence-electron chi connectivity index (χ3n) is 10.3. The number of aliphatic hydroxyl groups excluding tert-OH is 2. The Kier molecular flexibility index (Phi) is 8.98. The molecule has 3 aliphatic carbocycles. The van der Waals surface area contributed by atoms with E-state index in [1.807, 2.05) is 0 Å². The van der Waals surface area contributed by atoms with E-state index in [0.29, 0.717) is 39.0 Å². The molecule has 2 aliphatic heterocycles. The monoisotopic (exact) mass is 564 g/mol.